The smallest absolute Gasteiger partial charge is 0.281 e. The lowest BCUT2D eigenvalue weighted by Crippen LogP contribution is -2.69. The first-order chi connectivity index (χ1) is 42.1. The summed E-state index contributed by atoms with van der Waals surface area (Å²) < 4.78 is 73.3. The number of nitrogens with one attached hydrogen (secondary N) is 1. The van der Waals surface area contributed by atoms with E-state index in [4.69, 9.17) is 9.47 Å². The van der Waals surface area contributed by atoms with Crippen LogP contribution in [0.1, 0.15) is 138 Å². The van der Waals surface area contributed by atoms with Crippen LogP contribution in [0.3, 0.4) is 0 Å². The maximum atomic E-state index is 14.5. The fourth-order valence-corrected chi connectivity index (χ4v) is 16.5. The Bertz CT molecular complexity index is 3170. The number of morpholine rings is 1. The summed E-state index contributed by atoms with van der Waals surface area (Å²) in [6.45, 7) is 30.4. The number of aryl methyl sites for hydroxylation is 1. The number of piperidine rings is 2. The highest BCUT2D eigenvalue weighted by atomic mass is 19.3. The largest absolute Gasteiger partial charge is 0.366 e. The van der Waals surface area contributed by atoms with E-state index in [1.54, 1.807) is 0 Å². The molecule has 470 valence electrons. The number of carbonyl (C=O) groups excluding carboxylic acids is 2. The second kappa shape index (κ2) is 23.7. The molecule has 1 saturated carbocycles. The Kier molecular flexibility index (Phi) is 16.3. The van der Waals surface area contributed by atoms with E-state index in [-0.39, 0.29) is 46.4 Å². The summed E-state index contributed by atoms with van der Waals surface area (Å²) in [4.78, 5) is 50.9. The maximum absolute atomic E-state index is 14.5. The Morgan fingerprint density at radius 3 is 1.86 bits per heavy atom. The van der Waals surface area contributed by atoms with E-state index in [1.165, 1.54) is 23.4 Å². The van der Waals surface area contributed by atoms with Gasteiger partial charge in [-0.1, -0.05) is 39.2 Å². The molecule has 15 rings (SSSR count). The SMILES string of the molecule is C=CC(=O)N1CCN(C2CN3c4cc(N5CCC6(CC5)OCC(C)n5ncc(C)c56)nc(C(F)F)c4CCCC23)CC1.C=CC(=O)N1CCN(C2CN3c4cc(N5CCC6(CC5)OCC5(CC5)N5NCC(C)=C56)nc(C(F)F)c4C=CCC23)CC1.CC. The number of aromatic nitrogens is 4. The molecule has 12 aliphatic rings. The molecule has 7 saturated heterocycles. The number of alkyl halides is 4. The highest BCUT2D eigenvalue weighted by Gasteiger charge is 2.61. The number of pyridine rings is 2. The minimum Gasteiger partial charge on any atom is -0.366 e. The fourth-order valence-electron chi connectivity index (χ4n) is 16.5. The molecule has 8 fully saturated rings. The van der Waals surface area contributed by atoms with Crippen LogP contribution in [0.5, 0.6) is 0 Å². The van der Waals surface area contributed by atoms with Crippen LogP contribution >= 0.6 is 0 Å². The van der Waals surface area contributed by atoms with Crippen molar-refractivity contribution in [2.75, 3.05) is 131 Å². The molecular weight excluding hydrogens is 1120 g/mol. The number of fused-ring (bicyclic) bond motifs is 11. The summed E-state index contributed by atoms with van der Waals surface area (Å²) >= 11 is 0. The van der Waals surface area contributed by atoms with Gasteiger partial charge in [-0.2, -0.15) is 5.10 Å². The molecule has 87 heavy (non-hydrogen) atoms. The lowest BCUT2D eigenvalue weighted by Gasteiger charge is -2.55. The molecule has 22 heteroatoms. The van der Waals surface area contributed by atoms with Crippen molar-refractivity contribution in [3.05, 3.63) is 94.8 Å². The Balaban J connectivity index is 0.000000157. The highest BCUT2D eigenvalue weighted by Crippen LogP contribution is 2.55. The van der Waals surface area contributed by atoms with Crippen molar-refractivity contribution in [3.8, 4) is 0 Å². The normalized spacial score (nSPS) is 27.6. The van der Waals surface area contributed by atoms with Gasteiger partial charge in [-0.3, -0.25) is 24.1 Å². The lowest BCUT2D eigenvalue weighted by molar-refractivity contribution is -0.129. The number of rotatable bonds is 8. The molecule has 1 aliphatic carbocycles. The molecule has 14 heterocycles. The van der Waals surface area contributed by atoms with Crippen molar-refractivity contribution in [1.82, 2.24) is 49.8 Å². The Morgan fingerprint density at radius 2 is 1.28 bits per heavy atom. The maximum Gasteiger partial charge on any atom is 0.281 e. The summed E-state index contributed by atoms with van der Waals surface area (Å²) in [7, 11) is 0. The van der Waals surface area contributed by atoms with Crippen molar-refractivity contribution in [3.63, 3.8) is 0 Å². The van der Waals surface area contributed by atoms with Gasteiger partial charge in [0.2, 0.25) is 11.8 Å². The molecule has 3 aromatic rings. The molecule has 3 spiro atoms. The van der Waals surface area contributed by atoms with Crippen LogP contribution < -0.4 is 25.0 Å². The topological polar surface area (TPSA) is 137 Å². The van der Waals surface area contributed by atoms with E-state index in [0.717, 1.165) is 133 Å². The van der Waals surface area contributed by atoms with Crippen molar-refractivity contribution in [2.24, 2.45) is 0 Å². The lowest BCUT2D eigenvalue weighted by atomic mass is 9.83. The zero-order chi connectivity index (χ0) is 60.7. The number of carbonyl (C=O) groups is 2. The third kappa shape index (κ3) is 10.4. The highest BCUT2D eigenvalue weighted by molar-refractivity contribution is 5.87. The van der Waals surface area contributed by atoms with Crippen LogP contribution in [0.2, 0.25) is 0 Å². The second-order valence-electron chi connectivity index (χ2n) is 26.1. The van der Waals surface area contributed by atoms with E-state index in [2.05, 4.69) is 99.6 Å². The predicted molar refractivity (Wildman–Crippen MR) is 328 cm³/mol. The predicted octanol–water partition coefficient (Wildman–Crippen LogP) is 8.18. The van der Waals surface area contributed by atoms with Crippen LogP contribution in [0.4, 0.5) is 40.6 Å². The summed E-state index contributed by atoms with van der Waals surface area (Å²) in [5.74, 6) is 1.26. The number of piperazine rings is 2. The Hall–Kier alpha value is -6.07. The van der Waals surface area contributed by atoms with Crippen LogP contribution in [-0.4, -0.2) is 203 Å². The van der Waals surface area contributed by atoms with E-state index < -0.39 is 18.5 Å². The molecule has 1 N–H and O–H groups in total. The number of hydrogen-bond donors (Lipinski definition) is 1. The first-order valence-corrected chi connectivity index (χ1v) is 32.3. The van der Waals surface area contributed by atoms with Gasteiger partial charge in [-0.05, 0) is 108 Å². The third-order valence-corrected chi connectivity index (χ3v) is 21.5. The van der Waals surface area contributed by atoms with Crippen LogP contribution in [0.15, 0.2) is 61.0 Å². The number of amides is 2. The van der Waals surface area contributed by atoms with Crippen molar-refractivity contribution < 1.29 is 36.6 Å². The molecule has 0 bridgehead atoms. The van der Waals surface area contributed by atoms with Crippen molar-refractivity contribution >= 4 is 40.9 Å². The quantitative estimate of drug-likeness (QED) is 0.171. The first-order valence-electron chi connectivity index (χ1n) is 32.3. The Labute approximate surface area is 509 Å². The molecule has 3 aromatic heterocycles. The van der Waals surface area contributed by atoms with Gasteiger partial charge >= 0.3 is 0 Å². The molecule has 5 atom stereocenters. The van der Waals surface area contributed by atoms with Gasteiger partial charge in [0.25, 0.3) is 12.9 Å². The number of nitrogens with zero attached hydrogens (tertiary/aromatic N) is 13. The zero-order valence-electron chi connectivity index (χ0n) is 51.5. The zero-order valence-corrected chi connectivity index (χ0v) is 51.5. The second-order valence-corrected chi connectivity index (χ2v) is 26.1. The summed E-state index contributed by atoms with van der Waals surface area (Å²) in [6, 6.07) is 5.53. The monoisotopic (exact) mass is 1200 g/mol. The number of hydrazine groups is 1. The molecular formula is C65H88F4N14O4. The summed E-state index contributed by atoms with van der Waals surface area (Å²) in [6.07, 6.45) is 12.1. The van der Waals surface area contributed by atoms with Crippen molar-refractivity contribution in [1.29, 1.82) is 0 Å². The van der Waals surface area contributed by atoms with Gasteiger partial charge in [0.15, 0.2) is 0 Å². The van der Waals surface area contributed by atoms with Crippen LogP contribution in [0, 0.1) is 6.92 Å². The molecule has 2 amide bonds. The van der Waals surface area contributed by atoms with Crippen molar-refractivity contribution in [2.45, 2.75) is 159 Å². The van der Waals surface area contributed by atoms with E-state index in [0.29, 0.717) is 106 Å². The molecule has 0 aromatic carbocycles. The Morgan fingerprint density at radius 1 is 0.713 bits per heavy atom. The average molecular weight is 1210 g/mol. The fraction of sp³-hybridized carbons (Fsp3) is 0.646. The van der Waals surface area contributed by atoms with Gasteiger partial charge in [0.1, 0.15) is 34.2 Å². The molecule has 5 unspecified atom stereocenters. The summed E-state index contributed by atoms with van der Waals surface area (Å²) in [5.41, 5.74) is 10.9. The average Bonchev–Trinajstić information content (AvgIpc) is 1.61. The van der Waals surface area contributed by atoms with E-state index >= 15 is 0 Å². The van der Waals surface area contributed by atoms with Gasteiger partial charge in [0.05, 0.1) is 48.1 Å². The van der Waals surface area contributed by atoms with Crippen LogP contribution in [-0.2, 0) is 31.1 Å². The standard InChI is InChI=1S/C32H41F2N7O2.C31H41F2N7O2.C2H6/c1-3-27(42)39-15-13-37(14-16-39)25-19-40-23(25)6-4-5-22-24(40)17-26(36-28(22)30(33)34)38-11-9-32(10-12-38)29-21(2)18-35-41(29)31(7-8-31)20-43-32;1-4-27(41)38-14-12-36(13-15-38)25-18-39-23(25)7-5-6-22-24(39)16-26(35-28(22)30(32)33)37-10-8-31(9-11-37)29-20(2)17-34-40(29)21(3)19-42-31;1-2/h3-5,17,23,25,30,35H,1,6-16,18-20H2,2H3;4,16-17,21,23,25,30H,1,5-15,18-19H2,2-3H3;1-2H3. The van der Waals surface area contributed by atoms with Gasteiger partial charge < -0.3 is 43.9 Å². The summed E-state index contributed by atoms with van der Waals surface area (Å²) in [5, 5.41) is 7.04. The number of hydrogen-bond acceptors (Lipinski definition) is 15. The minimum atomic E-state index is -2.65. The van der Waals surface area contributed by atoms with Gasteiger partial charge in [0, 0.05) is 151 Å². The number of anilines is 4. The van der Waals surface area contributed by atoms with Gasteiger partial charge in [-0.15, -0.1) is 0 Å². The molecule has 11 aliphatic heterocycles. The van der Waals surface area contributed by atoms with Crippen LogP contribution in [0.25, 0.3) is 6.08 Å². The number of halogens is 4. The molecule has 0 radical (unpaired) electrons. The molecule has 18 nitrogen and oxygen atoms in total. The van der Waals surface area contributed by atoms with E-state index in [1.807, 2.05) is 48.1 Å². The first kappa shape index (κ1) is 59.9. The number of ether oxygens (including phenoxy) is 2. The van der Waals surface area contributed by atoms with E-state index in [9.17, 15) is 27.2 Å². The van der Waals surface area contributed by atoms with Gasteiger partial charge in [-0.25, -0.2) is 33.0 Å². The third-order valence-electron chi connectivity index (χ3n) is 21.5. The minimum absolute atomic E-state index is 0.0122.